The summed E-state index contributed by atoms with van der Waals surface area (Å²) in [6, 6.07) is 7.49. The van der Waals surface area contributed by atoms with Crippen molar-refractivity contribution in [2.75, 3.05) is 12.4 Å². The van der Waals surface area contributed by atoms with Crippen molar-refractivity contribution in [1.82, 2.24) is 9.55 Å². The van der Waals surface area contributed by atoms with Gasteiger partial charge in [0.15, 0.2) is 0 Å². The van der Waals surface area contributed by atoms with Crippen LogP contribution in [-0.2, 0) is 9.53 Å². The normalized spacial score (nSPS) is 13.5. The van der Waals surface area contributed by atoms with Gasteiger partial charge in [-0.05, 0) is 51.8 Å². The third-order valence-electron chi connectivity index (χ3n) is 4.20. The Morgan fingerprint density at radius 2 is 1.86 bits per heavy atom. The van der Waals surface area contributed by atoms with Gasteiger partial charge in [0, 0.05) is 12.1 Å². The van der Waals surface area contributed by atoms with Gasteiger partial charge in [-0.1, -0.05) is 19.3 Å². The maximum Gasteiger partial charge on any atom is 1.00 e. The number of nitrogens with one attached hydrogen (secondary N) is 1. The molecule has 1 N–H and O–H groups in total. The number of aromatic nitrogens is 2. The second-order valence-corrected chi connectivity index (χ2v) is 7.60. The van der Waals surface area contributed by atoms with E-state index in [1.807, 2.05) is 12.1 Å². The molecule has 1 aliphatic rings. The first-order valence-corrected chi connectivity index (χ1v) is 9.37. The Hall–Kier alpha value is -1.83. The van der Waals surface area contributed by atoms with Gasteiger partial charge in [0.25, 0.3) is 5.56 Å². The molecule has 0 radical (unpaired) electrons. The molecule has 8 heteroatoms. The van der Waals surface area contributed by atoms with Gasteiger partial charge in [0.05, 0.1) is 30.8 Å². The molecule has 1 fully saturated rings. The maximum atomic E-state index is 11.9. The summed E-state index contributed by atoms with van der Waals surface area (Å²) in [7, 11) is 1.58. The van der Waals surface area contributed by atoms with Crippen LogP contribution in [0.25, 0.3) is 5.69 Å². The van der Waals surface area contributed by atoms with Crippen LogP contribution in [0.15, 0.2) is 41.5 Å². The fourth-order valence-corrected chi connectivity index (χ4v) is 2.81. The molecule has 2 aromatic heterocycles. The number of ether oxygens (including phenoxy) is 2. The van der Waals surface area contributed by atoms with Crippen LogP contribution in [0.3, 0.4) is 0 Å². The summed E-state index contributed by atoms with van der Waals surface area (Å²) in [6.45, 7) is 6.73. The second kappa shape index (κ2) is 12.0. The Labute approximate surface area is 194 Å². The summed E-state index contributed by atoms with van der Waals surface area (Å²) in [5.41, 5.74) is 0.256. The van der Waals surface area contributed by atoms with E-state index in [0.717, 1.165) is 11.5 Å². The van der Waals surface area contributed by atoms with E-state index in [-0.39, 0.29) is 40.7 Å². The van der Waals surface area contributed by atoms with Crippen molar-refractivity contribution in [3.63, 3.8) is 0 Å². The van der Waals surface area contributed by atoms with Gasteiger partial charge in [-0.25, -0.2) is 4.98 Å². The Kier molecular flexibility index (Phi) is 10.4. The molecule has 2 aromatic rings. The molecule has 1 saturated carbocycles. The van der Waals surface area contributed by atoms with Gasteiger partial charge in [-0.15, -0.1) is 0 Å². The fourth-order valence-electron chi connectivity index (χ4n) is 2.81. The number of hydrogen-bond acceptors (Lipinski definition) is 6. The summed E-state index contributed by atoms with van der Waals surface area (Å²) in [4.78, 5) is 25.8. The minimum absolute atomic E-state index is 0. The van der Waals surface area contributed by atoms with Crippen LogP contribution in [0.1, 0.15) is 46.5 Å². The van der Waals surface area contributed by atoms with E-state index >= 15 is 0 Å². The molecule has 0 atom stereocenters. The Morgan fingerprint density at radius 3 is 2.34 bits per heavy atom. The third kappa shape index (κ3) is 8.60. The molecule has 0 spiro atoms. The van der Waals surface area contributed by atoms with Gasteiger partial charge in [0.1, 0.15) is 11.6 Å². The molecule has 1 aliphatic carbocycles. The van der Waals surface area contributed by atoms with E-state index in [0.29, 0.717) is 11.8 Å². The van der Waals surface area contributed by atoms with Crippen LogP contribution in [0.5, 0.6) is 5.75 Å². The standard InChI is InChI=1S/C16H19N3O2.C5H9O2.Na/c1-21-14-7-9-16(20)19(11-14)13-6-8-15(17-10-13)18-12-4-2-3-5-12;1-5(2,3)7-4-6;/h6-12H,2-5H2,1H3,(H,17,18);1-3H3;/q;-1;+1. The maximum absolute atomic E-state index is 11.9. The van der Waals surface area contributed by atoms with Crippen LogP contribution in [0.4, 0.5) is 5.82 Å². The number of rotatable bonds is 5. The average molecular weight is 409 g/mol. The Balaban J connectivity index is 0.000000456. The summed E-state index contributed by atoms with van der Waals surface area (Å²) < 4.78 is 11.1. The van der Waals surface area contributed by atoms with E-state index < -0.39 is 0 Å². The molecule has 0 aliphatic heterocycles. The van der Waals surface area contributed by atoms with Crippen molar-refractivity contribution in [3.8, 4) is 11.4 Å². The van der Waals surface area contributed by atoms with Gasteiger partial charge in [0.2, 0.25) is 0 Å². The number of nitrogens with zero attached hydrogens (tertiary/aromatic N) is 2. The minimum atomic E-state index is -0.373. The van der Waals surface area contributed by atoms with Gasteiger partial charge in [-0.2, -0.15) is 0 Å². The predicted molar refractivity (Wildman–Crippen MR) is 109 cm³/mol. The fraction of sp³-hybridized carbons (Fsp3) is 0.476. The van der Waals surface area contributed by atoms with Crippen LogP contribution in [0.2, 0.25) is 0 Å². The third-order valence-corrected chi connectivity index (χ3v) is 4.20. The number of hydrogen-bond donors (Lipinski definition) is 1. The number of methoxy groups -OCH3 is 1. The van der Waals surface area contributed by atoms with Crippen LogP contribution >= 0.6 is 0 Å². The zero-order valence-corrected chi connectivity index (χ0v) is 19.9. The topological polar surface area (TPSA) is 82.5 Å². The second-order valence-electron chi connectivity index (χ2n) is 7.60. The van der Waals surface area contributed by atoms with Crippen LogP contribution < -0.4 is 45.2 Å². The molecule has 29 heavy (non-hydrogen) atoms. The smallest absolute Gasteiger partial charge is 0.649 e. The van der Waals surface area contributed by atoms with Crippen molar-refractivity contribution < 1.29 is 43.8 Å². The van der Waals surface area contributed by atoms with Gasteiger partial charge in [-0.3, -0.25) is 9.36 Å². The van der Waals surface area contributed by atoms with E-state index in [1.165, 1.54) is 42.8 Å². The van der Waals surface area contributed by atoms with E-state index in [4.69, 9.17) is 4.74 Å². The van der Waals surface area contributed by atoms with Crippen molar-refractivity contribution in [3.05, 3.63) is 47.0 Å². The van der Waals surface area contributed by atoms with Crippen molar-refractivity contribution in [1.29, 1.82) is 0 Å². The first kappa shape index (κ1) is 25.2. The van der Waals surface area contributed by atoms with Gasteiger partial charge >= 0.3 is 29.6 Å². The van der Waals surface area contributed by atoms with Crippen molar-refractivity contribution in [2.45, 2.75) is 58.1 Å². The Bertz CT molecular complexity index is 810. The summed E-state index contributed by atoms with van der Waals surface area (Å²) in [5, 5.41) is 3.43. The first-order valence-electron chi connectivity index (χ1n) is 9.37. The molecule has 0 saturated heterocycles. The quantitative estimate of drug-likeness (QED) is 0.571. The van der Waals surface area contributed by atoms with Crippen LogP contribution in [-0.4, -0.2) is 34.8 Å². The first-order chi connectivity index (χ1) is 13.3. The molecule has 0 amide bonds. The monoisotopic (exact) mass is 409 g/mol. The molecule has 0 aromatic carbocycles. The summed E-state index contributed by atoms with van der Waals surface area (Å²) in [6.07, 6.45) is 8.36. The van der Waals surface area contributed by atoms with Crippen molar-refractivity contribution in [2.24, 2.45) is 0 Å². The molecule has 152 valence electrons. The predicted octanol–water partition coefficient (Wildman–Crippen LogP) is 0.468. The summed E-state index contributed by atoms with van der Waals surface area (Å²) in [5.74, 6) is 1.50. The number of anilines is 1. The molecular formula is C21H28N3NaO4. The number of pyridine rings is 2. The zero-order chi connectivity index (χ0) is 20.6. The largest absolute Gasteiger partial charge is 1.00 e. The average Bonchev–Trinajstić information content (AvgIpc) is 3.15. The SMILES string of the molecule is CC(C)(C)O[C-]=O.COc1ccc(=O)n(-c2ccc(NC3CCCC3)nc2)c1.[Na+]. The summed E-state index contributed by atoms with van der Waals surface area (Å²) >= 11 is 0. The van der Waals surface area contributed by atoms with Gasteiger partial charge < -0.3 is 19.6 Å². The molecule has 0 unspecified atom stereocenters. The zero-order valence-electron chi connectivity index (χ0n) is 17.9. The van der Waals surface area contributed by atoms with E-state index in [1.54, 1.807) is 46.3 Å². The molecule has 2 heterocycles. The Morgan fingerprint density at radius 1 is 1.17 bits per heavy atom. The van der Waals surface area contributed by atoms with Crippen LogP contribution in [0, 0.1) is 0 Å². The molecular weight excluding hydrogens is 381 g/mol. The molecule has 3 rings (SSSR count). The molecule has 0 bridgehead atoms. The van der Waals surface area contributed by atoms with E-state index in [2.05, 4.69) is 15.0 Å². The minimum Gasteiger partial charge on any atom is -0.649 e. The van der Waals surface area contributed by atoms with E-state index in [9.17, 15) is 9.59 Å². The number of carbonyl (C=O) groups excluding carboxylic acids is 1. The van der Waals surface area contributed by atoms with Crippen molar-refractivity contribution >= 4 is 12.3 Å². The molecule has 7 nitrogen and oxygen atoms in total.